The summed E-state index contributed by atoms with van der Waals surface area (Å²) in [7, 11) is 0. The van der Waals surface area contributed by atoms with Crippen molar-refractivity contribution in [3.8, 4) is 6.07 Å². The highest BCUT2D eigenvalue weighted by atomic mass is 16.5. The van der Waals surface area contributed by atoms with Crippen LogP contribution in [0.25, 0.3) is 0 Å². The SMILES string of the molecule is CCOC(=O)CC(O)CN(CCC#N)C1CC1. The predicted molar refractivity (Wildman–Crippen MR) is 62.1 cm³/mol. The maximum Gasteiger partial charge on any atom is 0.308 e. The second-order valence-electron chi connectivity index (χ2n) is 4.30. The van der Waals surface area contributed by atoms with Crippen LogP contribution in [0.15, 0.2) is 0 Å². The van der Waals surface area contributed by atoms with Crippen LogP contribution in [-0.2, 0) is 9.53 Å². The molecule has 0 saturated heterocycles. The number of rotatable bonds is 8. The van der Waals surface area contributed by atoms with Crippen molar-refractivity contribution in [2.75, 3.05) is 19.7 Å². The average molecular weight is 240 g/mol. The van der Waals surface area contributed by atoms with Gasteiger partial charge in [0.15, 0.2) is 0 Å². The molecule has 5 nitrogen and oxygen atoms in total. The van der Waals surface area contributed by atoms with Gasteiger partial charge in [-0.15, -0.1) is 0 Å². The average Bonchev–Trinajstić information content (AvgIpc) is 3.08. The normalized spacial score (nSPS) is 16.6. The van der Waals surface area contributed by atoms with Gasteiger partial charge in [-0.2, -0.15) is 5.26 Å². The van der Waals surface area contributed by atoms with Crippen LogP contribution in [0.2, 0.25) is 0 Å². The number of esters is 1. The van der Waals surface area contributed by atoms with Crippen molar-refractivity contribution in [3.05, 3.63) is 0 Å². The summed E-state index contributed by atoms with van der Waals surface area (Å²) in [6, 6.07) is 2.59. The lowest BCUT2D eigenvalue weighted by molar-refractivity contribution is -0.145. The molecule has 5 heteroatoms. The summed E-state index contributed by atoms with van der Waals surface area (Å²) in [6.45, 7) is 3.20. The zero-order valence-corrected chi connectivity index (χ0v) is 10.3. The van der Waals surface area contributed by atoms with Crippen molar-refractivity contribution in [2.24, 2.45) is 0 Å². The molecular weight excluding hydrogens is 220 g/mol. The number of ether oxygens (including phenoxy) is 1. The molecule has 17 heavy (non-hydrogen) atoms. The summed E-state index contributed by atoms with van der Waals surface area (Å²) in [6.07, 6.45) is 2.04. The number of aliphatic hydroxyl groups is 1. The molecule has 1 N–H and O–H groups in total. The summed E-state index contributed by atoms with van der Waals surface area (Å²) >= 11 is 0. The molecule has 0 amide bonds. The molecule has 1 unspecified atom stereocenters. The molecule has 0 aromatic rings. The second kappa shape index (κ2) is 7.25. The minimum absolute atomic E-state index is 0.0314. The Morgan fingerprint density at radius 3 is 2.88 bits per heavy atom. The Balaban J connectivity index is 2.28. The van der Waals surface area contributed by atoms with Crippen molar-refractivity contribution in [3.63, 3.8) is 0 Å². The zero-order valence-electron chi connectivity index (χ0n) is 10.3. The van der Waals surface area contributed by atoms with Crippen LogP contribution in [-0.4, -0.2) is 47.8 Å². The molecule has 1 fully saturated rings. The topological polar surface area (TPSA) is 73.6 Å². The van der Waals surface area contributed by atoms with Crippen molar-refractivity contribution in [2.45, 2.75) is 44.8 Å². The summed E-state index contributed by atoms with van der Waals surface area (Å²) < 4.78 is 4.78. The first-order valence-electron chi connectivity index (χ1n) is 6.12. The van der Waals surface area contributed by atoms with E-state index >= 15 is 0 Å². The maximum atomic E-state index is 11.2. The Labute approximate surface area is 102 Å². The van der Waals surface area contributed by atoms with E-state index in [1.54, 1.807) is 6.92 Å². The van der Waals surface area contributed by atoms with Crippen LogP contribution in [0.5, 0.6) is 0 Å². The number of nitriles is 1. The van der Waals surface area contributed by atoms with Gasteiger partial charge in [0, 0.05) is 25.6 Å². The lowest BCUT2D eigenvalue weighted by Gasteiger charge is -2.23. The van der Waals surface area contributed by atoms with E-state index in [2.05, 4.69) is 11.0 Å². The minimum Gasteiger partial charge on any atom is -0.466 e. The largest absolute Gasteiger partial charge is 0.466 e. The highest BCUT2D eigenvalue weighted by molar-refractivity contribution is 5.69. The molecule has 0 spiro atoms. The van der Waals surface area contributed by atoms with Gasteiger partial charge in [0.2, 0.25) is 0 Å². The van der Waals surface area contributed by atoms with Gasteiger partial charge in [0.1, 0.15) is 0 Å². The van der Waals surface area contributed by atoms with E-state index in [1.807, 2.05) is 0 Å². The Morgan fingerprint density at radius 2 is 2.35 bits per heavy atom. The van der Waals surface area contributed by atoms with Crippen LogP contribution in [0, 0.1) is 11.3 Å². The molecule has 0 aromatic carbocycles. The third-order valence-electron chi connectivity index (χ3n) is 2.73. The molecule has 0 bridgehead atoms. The van der Waals surface area contributed by atoms with Gasteiger partial charge in [-0.25, -0.2) is 0 Å². The van der Waals surface area contributed by atoms with E-state index in [1.165, 1.54) is 0 Å². The third kappa shape index (κ3) is 5.66. The number of hydrogen-bond acceptors (Lipinski definition) is 5. The first-order chi connectivity index (χ1) is 8.17. The summed E-state index contributed by atoms with van der Waals surface area (Å²) in [5.74, 6) is -0.365. The first kappa shape index (κ1) is 13.9. The van der Waals surface area contributed by atoms with Gasteiger partial charge in [-0.3, -0.25) is 9.69 Å². The van der Waals surface area contributed by atoms with Crippen LogP contribution in [0.3, 0.4) is 0 Å². The van der Waals surface area contributed by atoms with Gasteiger partial charge in [0.25, 0.3) is 0 Å². The predicted octanol–water partition coefficient (Wildman–Crippen LogP) is 0.679. The summed E-state index contributed by atoms with van der Waals surface area (Å²) in [4.78, 5) is 13.3. The molecule has 1 saturated carbocycles. The number of carbonyl (C=O) groups is 1. The van der Waals surface area contributed by atoms with Crippen molar-refractivity contribution >= 4 is 5.97 Å². The van der Waals surface area contributed by atoms with E-state index in [0.29, 0.717) is 32.2 Å². The lowest BCUT2D eigenvalue weighted by atomic mass is 10.2. The molecule has 0 radical (unpaired) electrons. The third-order valence-corrected chi connectivity index (χ3v) is 2.73. The highest BCUT2D eigenvalue weighted by Gasteiger charge is 2.30. The van der Waals surface area contributed by atoms with Gasteiger partial charge in [-0.05, 0) is 19.8 Å². The molecule has 0 aromatic heterocycles. The quantitative estimate of drug-likeness (QED) is 0.631. The fraction of sp³-hybridized carbons (Fsp3) is 0.833. The molecule has 1 aliphatic carbocycles. The first-order valence-corrected chi connectivity index (χ1v) is 6.12. The summed E-state index contributed by atoms with van der Waals surface area (Å²) in [5.41, 5.74) is 0. The zero-order chi connectivity index (χ0) is 12.7. The monoisotopic (exact) mass is 240 g/mol. The molecule has 0 aliphatic heterocycles. The molecular formula is C12H20N2O3. The fourth-order valence-corrected chi connectivity index (χ4v) is 1.80. The second-order valence-corrected chi connectivity index (χ2v) is 4.30. The van der Waals surface area contributed by atoms with Crippen molar-refractivity contribution in [1.82, 2.24) is 4.90 Å². The Hall–Kier alpha value is -1.12. The van der Waals surface area contributed by atoms with Crippen molar-refractivity contribution in [1.29, 1.82) is 5.26 Å². The number of aliphatic hydroxyl groups excluding tert-OH is 1. The molecule has 1 atom stereocenters. The maximum absolute atomic E-state index is 11.2. The van der Waals surface area contributed by atoms with Gasteiger partial charge < -0.3 is 9.84 Å². The van der Waals surface area contributed by atoms with E-state index in [4.69, 9.17) is 10.00 Å². The van der Waals surface area contributed by atoms with E-state index in [9.17, 15) is 9.90 Å². The smallest absolute Gasteiger partial charge is 0.308 e. The van der Waals surface area contributed by atoms with Gasteiger partial charge in [0.05, 0.1) is 25.2 Å². The lowest BCUT2D eigenvalue weighted by Crippen LogP contribution is -2.36. The number of carbonyl (C=O) groups excluding carboxylic acids is 1. The molecule has 0 heterocycles. The summed E-state index contributed by atoms with van der Waals surface area (Å²) in [5, 5.41) is 18.3. The van der Waals surface area contributed by atoms with Crippen LogP contribution < -0.4 is 0 Å². The van der Waals surface area contributed by atoms with E-state index in [-0.39, 0.29) is 12.4 Å². The molecule has 96 valence electrons. The van der Waals surface area contributed by atoms with Crippen LogP contribution in [0.1, 0.15) is 32.6 Å². The van der Waals surface area contributed by atoms with Crippen LogP contribution in [0.4, 0.5) is 0 Å². The number of nitrogens with zero attached hydrogens (tertiary/aromatic N) is 2. The highest BCUT2D eigenvalue weighted by Crippen LogP contribution is 2.27. The Kier molecular flexibility index (Phi) is 5.95. The fourth-order valence-electron chi connectivity index (χ4n) is 1.80. The molecule has 1 rings (SSSR count). The van der Waals surface area contributed by atoms with E-state index < -0.39 is 6.10 Å². The van der Waals surface area contributed by atoms with Gasteiger partial charge >= 0.3 is 5.97 Å². The standard InChI is InChI=1S/C12H20N2O3/c1-2-17-12(16)8-11(15)9-14(7-3-6-13)10-4-5-10/h10-11,15H,2-5,7-9H2,1H3. The minimum atomic E-state index is -0.701. The Morgan fingerprint density at radius 1 is 1.65 bits per heavy atom. The van der Waals surface area contributed by atoms with E-state index in [0.717, 1.165) is 12.8 Å². The Bertz CT molecular complexity index is 284. The van der Waals surface area contributed by atoms with Crippen molar-refractivity contribution < 1.29 is 14.6 Å². The van der Waals surface area contributed by atoms with Crippen LogP contribution >= 0.6 is 0 Å². The number of hydrogen-bond donors (Lipinski definition) is 1. The molecule has 1 aliphatic rings. The van der Waals surface area contributed by atoms with Gasteiger partial charge in [-0.1, -0.05) is 0 Å².